The third kappa shape index (κ3) is 3.66. The van der Waals surface area contributed by atoms with E-state index in [0.717, 1.165) is 0 Å². The van der Waals surface area contributed by atoms with Crippen LogP contribution < -0.4 is 4.74 Å². The molecule has 7 heteroatoms. The highest BCUT2D eigenvalue weighted by molar-refractivity contribution is 6.43. The maximum atomic E-state index is 10.9. The number of rotatable bonds is 4. The van der Waals surface area contributed by atoms with Crippen LogP contribution in [0.15, 0.2) is 18.2 Å². The lowest BCUT2D eigenvalue weighted by molar-refractivity contribution is 0.138. The number of nitrogens with zero attached hydrogens (tertiary/aromatic N) is 1. The lowest BCUT2D eigenvalue weighted by Crippen LogP contribution is -2.29. The Balaban J connectivity index is 2.12. The number of methoxy groups -OCH3 is 1. The number of hydrogen-bond acceptors (Lipinski definition) is 3. The standard InChI is InChI=1S/C15H17Cl2NO4/c1-22-13-5-3-11(16)14(17)10(13)2-4-12(19)9-6-7-18(8-9)15(20)21/h2-5,9,12,19H,6-8H2,1H3,(H,20,21)/t9-,12?/m1/s1. The quantitative estimate of drug-likeness (QED) is 0.877. The van der Waals surface area contributed by atoms with Gasteiger partial charge in [0.2, 0.25) is 0 Å². The number of aliphatic hydroxyl groups excluding tert-OH is 1. The van der Waals surface area contributed by atoms with Crippen molar-refractivity contribution in [2.24, 2.45) is 5.92 Å². The van der Waals surface area contributed by atoms with E-state index in [2.05, 4.69) is 0 Å². The zero-order chi connectivity index (χ0) is 16.3. The first-order valence-corrected chi connectivity index (χ1v) is 7.55. The molecule has 0 spiro atoms. The molecule has 1 saturated heterocycles. The molecule has 0 bridgehead atoms. The Hall–Kier alpha value is -1.43. The van der Waals surface area contributed by atoms with E-state index in [1.165, 1.54) is 12.0 Å². The Morgan fingerprint density at radius 1 is 1.50 bits per heavy atom. The molecule has 0 aromatic heterocycles. The molecule has 1 aliphatic rings. The summed E-state index contributed by atoms with van der Waals surface area (Å²) in [6.07, 6.45) is 2.15. The second kappa shape index (κ2) is 7.22. The second-order valence-electron chi connectivity index (χ2n) is 5.10. The minimum Gasteiger partial charge on any atom is -0.496 e. The molecule has 0 radical (unpaired) electrons. The van der Waals surface area contributed by atoms with Crippen LogP contribution in [0.3, 0.4) is 0 Å². The van der Waals surface area contributed by atoms with Crippen LogP contribution >= 0.6 is 23.2 Å². The van der Waals surface area contributed by atoms with Gasteiger partial charge in [-0.2, -0.15) is 0 Å². The van der Waals surface area contributed by atoms with Crippen LogP contribution in [0.2, 0.25) is 10.0 Å². The number of carboxylic acid groups (broad SMARTS) is 1. The molecular weight excluding hydrogens is 329 g/mol. The van der Waals surface area contributed by atoms with Crippen molar-refractivity contribution in [3.05, 3.63) is 33.8 Å². The Morgan fingerprint density at radius 2 is 2.23 bits per heavy atom. The number of amides is 1. The molecule has 1 heterocycles. The molecule has 5 nitrogen and oxygen atoms in total. The van der Waals surface area contributed by atoms with Crippen molar-refractivity contribution < 1.29 is 19.7 Å². The topological polar surface area (TPSA) is 70.0 Å². The molecule has 1 unspecified atom stereocenters. The van der Waals surface area contributed by atoms with Crippen LogP contribution in [0.5, 0.6) is 5.75 Å². The smallest absolute Gasteiger partial charge is 0.407 e. The van der Waals surface area contributed by atoms with Gasteiger partial charge in [0.25, 0.3) is 0 Å². The van der Waals surface area contributed by atoms with Crippen LogP contribution in [0.25, 0.3) is 6.08 Å². The minimum atomic E-state index is -0.960. The summed E-state index contributed by atoms with van der Waals surface area (Å²) in [6, 6.07) is 3.33. The largest absolute Gasteiger partial charge is 0.496 e. The first-order chi connectivity index (χ1) is 10.4. The lowest BCUT2D eigenvalue weighted by atomic mass is 10.0. The molecule has 2 atom stereocenters. The maximum absolute atomic E-state index is 10.9. The highest BCUT2D eigenvalue weighted by Gasteiger charge is 2.29. The van der Waals surface area contributed by atoms with Crippen LogP contribution in [0.4, 0.5) is 4.79 Å². The first kappa shape index (κ1) is 16.9. The van der Waals surface area contributed by atoms with Crippen LogP contribution in [0, 0.1) is 5.92 Å². The van der Waals surface area contributed by atoms with E-state index in [1.54, 1.807) is 24.3 Å². The first-order valence-electron chi connectivity index (χ1n) is 6.80. The number of hydrogen-bond donors (Lipinski definition) is 2. The summed E-state index contributed by atoms with van der Waals surface area (Å²) in [7, 11) is 1.52. The van der Waals surface area contributed by atoms with Gasteiger partial charge < -0.3 is 19.8 Å². The molecular formula is C15H17Cl2NO4. The van der Waals surface area contributed by atoms with E-state index in [1.807, 2.05) is 0 Å². The second-order valence-corrected chi connectivity index (χ2v) is 5.89. The summed E-state index contributed by atoms with van der Waals surface area (Å²) in [5.74, 6) is 0.424. The lowest BCUT2D eigenvalue weighted by Gasteiger charge is -2.15. The highest BCUT2D eigenvalue weighted by Crippen LogP contribution is 2.34. The third-order valence-electron chi connectivity index (χ3n) is 3.75. The van der Waals surface area contributed by atoms with Crippen molar-refractivity contribution in [3.63, 3.8) is 0 Å². The van der Waals surface area contributed by atoms with E-state index in [-0.39, 0.29) is 5.92 Å². The predicted molar refractivity (Wildman–Crippen MR) is 85.8 cm³/mol. The molecule has 1 amide bonds. The summed E-state index contributed by atoms with van der Waals surface area (Å²) in [5.41, 5.74) is 0.587. The minimum absolute atomic E-state index is 0.128. The highest BCUT2D eigenvalue weighted by atomic mass is 35.5. The van der Waals surface area contributed by atoms with E-state index in [4.69, 9.17) is 33.0 Å². The Labute approximate surface area is 138 Å². The fourth-order valence-corrected chi connectivity index (χ4v) is 2.86. The van der Waals surface area contributed by atoms with E-state index in [9.17, 15) is 9.90 Å². The summed E-state index contributed by atoms with van der Waals surface area (Å²) >= 11 is 12.1. The zero-order valence-electron chi connectivity index (χ0n) is 12.0. The van der Waals surface area contributed by atoms with Gasteiger partial charge in [-0.25, -0.2) is 4.79 Å². The van der Waals surface area contributed by atoms with Crippen LogP contribution in [0.1, 0.15) is 12.0 Å². The molecule has 120 valence electrons. The van der Waals surface area contributed by atoms with Gasteiger partial charge in [-0.15, -0.1) is 0 Å². The molecule has 2 rings (SSSR count). The number of halogens is 2. The van der Waals surface area contributed by atoms with Gasteiger partial charge in [-0.05, 0) is 18.6 Å². The molecule has 1 aromatic carbocycles. The Bertz CT molecular complexity index is 591. The number of aliphatic hydroxyl groups is 1. The van der Waals surface area contributed by atoms with Crippen molar-refractivity contribution in [1.82, 2.24) is 4.90 Å². The summed E-state index contributed by atoms with van der Waals surface area (Å²) in [4.78, 5) is 12.2. The van der Waals surface area contributed by atoms with Crippen molar-refractivity contribution in [3.8, 4) is 5.75 Å². The Kier molecular flexibility index (Phi) is 5.56. The van der Waals surface area contributed by atoms with Gasteiger partial charge in [-0.1, -0.05) is 35.4 Å². The SMILES string of the molecule is COc1ccc(Cl)c(Cl)c1C=CC(O)[C@@H]1CCN(C(=O)O)C1. The molecule has 0 saturated carbocycles. The fraction of sp³-hybridized carbons (Fsp3) is 0.400. The van der Waals surface area contributed by atoms with E-state index in [0.29, 0.717) is 40.9 Å². The van der Waals surface area contributed by atoms with Crippen LogP contribution in [-0.4, -0.2) is 47.5 Å². The number of ether oxygens (including phenoxy) is 1. The summed E-state index contributed by atoms with van der Waals surface area (Å²) in [5, 5.41) is 19.9. The molecule has 0 aliphatic carbocycles. The molecule has 22 heavy (non-hydrogen) atoms. The van der Waals surface area contributed by atoms with E-state index < -0.39 is 12.2 Å². The van der Waals surface area contributed by atoms with Gasteiger partial charge in [0.05, 0.1) is 23.3 Å². The maximum Gasteiger partial charge on any atom is 0.407 e. The predicted octanol–water partition coefficient (Wildman–Crippen LogP) is 3.38. The van der Waals surface area contributed by atoms with Gasteiger partial charge in [0, 0.05) is 24.6 Å². The van der Waals surface area contributed by atoms with E-state index >= 15 is 0 Å². The normalized spacial score (nSPS) is 19.6. The zero-order valence-corrected chi connectivity index (χ0v) is 13.5. The fourth-order valence-electron chi connectivity index (χ4n) is 2.47. The van der Waals surface area contributed by atoms with Gasteiger partial charge in [0.1, 0.15) is 5.75 Å². The monoisotopic (exact) mass is 345 g/mol. The van der Waals surface area contributed by atoms with Crippen molar-refractivity contribution in [2.75, 3.05) is 20.2 Å². The summed E-state index contributed by atoms with van der Waals surface area (Å²) in [6.45, 7) is 0.757. The summed E-state index contributed by atoms with van der Waals surface area (Å²) < 4.78 is 5.23. The van der Waals surface area contributed by atoms with Gasteiger partial charge in [-0.3, -0.25) is 0 Å². The molecule has 2 N–H and O–H groups in total. The number of carbonyl (C=O) groups is 1. The van der Waals surface area contributed by atoms with Crippen molar-refractivity contribution in [2.45, 2.75) is 12.5 Å². The molecule has 1 fully saturated rings. The van der Waals surface area contributed by atoms with Gasteiger partial charge >= 0.3 is 6.09 Å². The average molecular weight is 346 g/mol. The van der Waals surface area contributed by atoms with Crippen molar-refractivity contribution >= 4 is 35.4 Å². The Morgan fingerprint density at radius 3 is 2.82 bits per heavy atom. The van der Waals surface area contributed by atoms with Gasteiger partial charge in [0.15, 0.2) is 0 Å². The third-order valence-corrected chi connectivity index (χ3v) is 4.57. The molecule has 1 aromatic rings. The number of benzene rings is 1. The molecule has 1 aliphatic heterocycles. The average Bonchev–Trinajstić information content (AvgIpc) is 2.98. The van der Waals surface area contributed by atoms with Crippen molar-refractivity contribution in [1.29, 1.82) is 0 Å². The number of likely N-dealkylation sites (tertiary alicyclic amines) is 1. The van der Waals surface area contributed by atoms with Crippen LogP contribution in [-0.2, 0) is 0 Å².